The first-order valence-electron chi connectivity index (χ1n) is 9.87. The molecule has 1 aromatic rings. The van der Waals surface area contributed by atoms with Crippen LogP contribution in [0.5, 0.6) is 0 Å². The van der Waals surface area contributed by atoms with Crippen molar-refractivity contribution >= 4 is 0 Å². The maximum absolute atomic E-state index is 11.2. The number of hydrogen-bond acceptors (Lipinski definition) is 4. The summed E-state index contributed by atoms with van der Waals surface area (Å²) >= 11 is 0. The van der Waals surface area contributed by atoms with Crippen molar-refractivity contribution in [3.05, 3.63) is 48.4 Å². The fourth-order valence-corrected chi connectivity index (χ4v) is 3.66. The van der Waals surface area contributed by atoms with Gasteiger partial charge in [0.05, 0.1) is 5.60 Å². The van der Waals surface area contributed by atoms with Gasteiger partial charge in [0, 0.05) is 32.2 Å². The fraction of sp³-hybridized carbons (Fsp3) is 0.636. The molecule has 4 nitrogen and oxygen atoms in total. The van der Waals surface area contributed by atoms with Crippen LogP contribution in [0.1, 0.15) is 52.0 Å². The van der Waals surface area contributed by atoms with E-state index >= 15 is 0 Å². The Labute approximate surface area is 158 Å². The molecule has 1 aliphatic heterocycles. The second kappa shape index (κ2) is 7.61. The first-order chi connectivity index (χ1) is 12.2. The smallest absolute Gasteiger partial charge is 0.182 e. The van der Waals surface area contributed by atoms with Gasteiger partial charge in [-0.1, -0.05) is 30.3 Å². The molecule has 2 aliphatic rings. The van der Waals surface area contributed by atoms with Crippen molar-refractivity contribution in [2.75, 3.05) is 19.6 Å². The number of aliphatic hydroxyl groups is 1. The lowest BCUT2D eigenvalue weighted by atomic mass is 9.90. The van der Waals surface area contributed by atoms with Crippen LogP contribution in [0.4, 0.5) is 0 Å². The molecule has 1 saturated carbocycles. The molecule has 0 aromatic heterocycles. The van der Waals surface area contributed by atoms with Crippen LogP contribution in [0.2, 0.25) is 0 Å². The Balaban J connectivity index is 1.54. The molecule has 3 rings (SSSR count). The molecule has 0 spiro atoms. The summed E-state index contributed by atoms with van der Waals surface area (Å²) in [7, 11) is 0. The van der Waals surface area contributed by atoms with Crippen molar-refractivity contribution in [2.24, 2.45) is 0 Å². The van der Waals surface area contributed by atoms with E-state index in [1.54, 1.807) is 0 Å². The highest BCUT2D eigenvalue weighted by molar-refractivity contribution is 5.14. The molecule has 1 aliphatic carbocycles. The van der Waals surface area contributed by atoms with Gasteiger partial charge in [-0.15, -0.1) is 0 Å². The van der Waals surface area contributed by atoms with Gasteiger partial charge < -0.3 is 14.7 Å². The summed E-state index contributed by atoms with van der Waals surface area (Å²) in [5.74, 6) is 0.708. The second-order valence-electron chi connectivity index (χ2n) is 8.95. The molecular formula is C22H34N2O2. The van der Waals surface area contributed by atoms with Crippen LogP contribution >= 0.6 is 0 Å². The minimum absolute atomic E-state index is 0.258. The third kappa shape index (κ3) is 5.49. The van der Waals surface area contributed by atoms with E-state index in [0.29, 0.717) is 18.5 Å². The Bertz CT molecular complexity index is 596. The van der Waals surface area contributed by atoms with Gasteiger partial charge in [0.25, 0.3) is 0 Å². The second-order valence-corrected chi connectivity index (χ2v) is 8.95. The predicted octanol–water partition coefficient (Wildman–Crippen LogP) is 3.76. The summed E-state index contributed by atoms with van der Waals surface area (Å²) in [4.78, 5) is 4.64. The van der Waals surface area contributed by atoms with Gasteiger partial charge in [-0.2, -0.15) is 0 Å². The maximum Gasteiger partial charge on any atom is 0.182 e. The van der Waals surface area contributed by atoms with Crippen LogP contribution in [-0.4, -0.2) is 51.8 Å². The first kappa shape index (κ1) is 19.2. The van der Waals surface area contributed by atoms with Gasteiger partial charge in [0.2, 0.25) is 0 Å². The standard InChI is InChI=1S/C22H34N2O2/c1-18(26-21(2,3)4)24(20-10-11-20)17-22(25)12-14-23(15-13-22)16-19-8-6-5-7-9-19/h5-9,20,25H,1,10-17H2,2-4H3. The number of benzene rings is 1. The average Bonchev–Trinajstić information content (AvgIpc) is 3.39. The van der Waals surface area contributed by atoms with Gasteiger partial charge in [0.15, 0.2) is 5.88 Å². The molecule has 144 valence electrons. The summed E-state index contributed by atoms with van der Waals surface area (Å²) in [6, 6.07) is 11.1. The monoisotopic (exact) mass is 358 g/mol. The quantitative estimate of drug-likeness (QED) is 0.753. The highest BCUT2D eigenvalue weighted by Crippen LogP contribution is 2.35. The van der Waals surface area contributed by atoms with E-state index in [9.17, 15) is 5.11 Å². The summed E-state index contributed by atoms with van der Waals surface area (Å²) in [5, 5.41) is 11.2. The van der Waals surface area contributed by atoms with Crippen LogP contribution in [-0.2, 0) is 11.3 Å². The predicted molar refractivity (Wildman–Crippen MR) is 106 cm³/mol. The highest BCUT2D eigenvalue weighted by Gasteiger charge is 2.40. The highest BCUT2D eigenvalue weighted by atomic mass is 16.5. The number of nitrogens with zero attached hydrogens (tertiary/aromatic N) is 2. The molecule has 26 heavy (non-hydrogen) atoms. The van der Waals surface area contributed by atoms with Crippen LogP contribution in [0.25, 0.3) is 0 Å². The van der Waals surface area contributed by atoms with Crippen molar-refractivity contribution in [1.82, 2.24) is 9.80 Å². The molecule has 1 aromatic carbocycles. The first-order valence-corrected chi connectivity index (χ1v) is 9.87. The lowest BCUT2D eigenvalue weighted by molar-refractivity contribution is -0.0674. The van der Waals surface area contributed by atoms with Crippen molar-refractivity contribution in [3.63, 3.8) is 0 Å². The fourth-order valence-electron chi connectivity index (χ4n) is 3.66. The van der Waals surface area contributed by atoms with Gasteiger partial charge >= 0.3 is 0 Å². The summed E-state index contributed by atoms with van der Waals surface area (Å²) in [6.07, 6.45) is 3.93. The largest absolute Gasteiger partial charge is 0.474 e. The van der Waals surface area contributed by atoms with Gasteiger partial charge in [-0.25, -0.2) is 0 Å². The third-order valence-electron chi connectivity index (χ3n) is 5.23. The molecule has 2 fully saturated rings. The molecule has 0 bridgehead atoms. The molecule has 0 amide bonds. The topological polar surface area (TPSA) is 35.9 Å². The number of likely N-dealkylation sites (tertiary alicyclic amines) is 1. The van der Waals surface area contributed by atoms with E-state index in [-0.39, 0.29) is 5.60 Å². The Kier molecular flexibility index (Phi) is 5.64. The molecule has 1 saturated heterocycles. The van der Waals surface area contributed by atoms with Crippen LogP contribution in [0.3, 0.4) is 0 Å². The van der Waals surface area contributed by atoms with Crippen molar-refractivity contribution in [3.8, 4) is 0 Å². The van der Waals surface area contributed by atoms with Crippen molar-refractivity contribution in [1.29, 1.82) is 0 Å². The lowest BCUT2D eigenvalue weighted by Crippen LogP contribution is -2.51. The Hall–Kier alpha value is -1.52. The summed E-state index contributed by atoms with van der Waals surface area (Å²) in [6.45, 7) is 13.7. The van der Waals surface area contributed by atoms with Crippen molar-refractivity contribution < 1.29 is 9.84 Å². The van der Waals surface area contributed by atoms with Crippen LogP contribution in [0, 0.1) is 0 Å². The molecule has 0 atom stereocenters. The van der Waals surface area contributed by atoms with E-state index in [1.807, 2.05) is 20.8 Å². The average molecular weight is 359 g/mol. The minimum Gasteiger partial charge on any atom is -0.474 e. The maximum atomic E-state index is 11.2. The van der Waals surface area contributed by atoms with E-state index in [4.69, 9.17) is 4.74 Å². The third-order valence-corrected chi connectivity index (χ3v) is 5.23. The molecule has 0 radical (unpaired) electrons. The van der Waals surface area contributed by atoms with E-state index in [1.165, 1.54) is 18.4 Å². The number of ether oxygens (including phenoxy) is 1. The number of rotatable bonds is 7. The van der Waals surface area contributed by atoms with Gasteiger partial charge in [0.1, 0.15) is 5.60 Å². The van der Waals surface area contributed by atoms with E-state index in [0.717, 1.165) is 32.5 Å². The lowest BCUT2D eigenvalue weighted by Gasteiger charge is -2.42. The molecular weight excluding hydrogens is 324 g/mol. The summed E-state index contributed by atoms with van der Waals surface area (Å²) in [5.41, 5.74) is 0.427. The van der Waals surface area contributed by atoms with Gasteiger partial charge in [-0.05, 0) is 58.6 Å². The summed E-state index contributed by atoms with van der Waals surface area (Å²) < 4.78 is 6.00. The Morgan fingerprint density at radius 3 is 2.38 bits per heavy atom. The van der Waals surface area contributed by atoms with E-state index in [2.05, 4.69) is 46.7 Å². The molecule has 1 heterocycles. The zero-order valence-corrected chi connectivity index (χ0v) is 16.6. The molecule has 1 N–H and O–H groups in total. The molecule has 0 unspecified atom stereocenters. The van der Waals surface area contributed by atoms with Crippen molar-refractivity contribution in [2.45, 2.75) is 70.2 Å². The number of piperidine rings is 1. The molecule has 4 heteroatoms. The zero-order chi connectivity index (χ0) is 18.8. The van der Waals surface area contributed by atoms with E-state index < -0.39 is 5.60 Å². The minimum atomic E-state index is -0.653. The van der Waals surface area contributed by atoms with Gasteiger partial charge in [-0.3, -0.25) is 4.90 Å². The zero-order valence-electron chi connectivity index (χ0n) is 16.6. The SMILES string of the molecule is C=C(OC(C)(C)C)N(CC1(O)CCN(Cc2ccccc2)CC1)C1CC1. The Morgan fingerprint density at radius 1 is 1.23 bits per heavy atom. The van der Waals surface area contributed by atoms with Crippen LogP contribution < -0.4 is 0 Å². The number of hydrogen-bond donors (Lipinski definition) is 1. The van der Waals surface area contributed by atoms with Crippen LogP contribution in [0.15, 0.2) is 42.8 Å². The normalized spacial score (nSPS) is 20.6. The Morgan fingerprint density at radius 2 is 1.85 bits per heavy atom.